The molecule has 0 spiro atoms. The molecule has 1 unspecified atom stereocenters. The molecule has 9 nitrogen and oxygen atoms in total. The average Bonchev–Trinajstić information content (AvgIpc) is 3.44. The fourth-order valence-electron chi connectivity index (χ4n) is 4.81. The highest BCUT2D eigenvalue weighted by molar-refractivity contribution is 6.06. The lowest BCUT2D eigenvalue weighted by Gasteiger charge is -2.29. The van der Waals surface area contributed by atoms with E-state index in [4.69, 9.17) is 19.6 Å². The normalized spacial score (nSPS) is 14.1. The Labute approximate surface area is 237 Å². The molecule has 204 valence electrons. The lowest BCUT2D eigenvalue weighted by atomic mass is 9.94. The summed E-state index contributed by atoms with van der Waals surface area (Å²) in [5.41, 5.74) is 4.46. The van der Waals surface area contributed by atoms with Gasteiger partial charge in [0.15, 0.2) is 17.3 Å². The molecule has 2 N–H and O–H groups in total. The standard InChI is InChI=1S/C32H28N6O3/c1-21-28(31(39)35-25-14-9-17-33-19-25)29(38-32(34-21)36-30(37-38)23-12-7-4-8-13-23)24-15-16-26(27(18-24)40-2)41-20-22-10-5-3-6-11-22/h3-19,29H,20H2,1-2H3,(H,35,39)(H,34,36,37). The molecule has 3 aromatic carbocycles. The number of anilines is 2. The molecule has 5 aromatic rings. The topological polar surface area (TPSA) is 103 Å². The lowest BCUT2D eigenvalue weighted by Crippen LogP contribution is -2.31. The molecule has 0 bridgehead atoms. The second-order valence-corrected chi connectivity index (χ2v) is 9.52. The van der Waals surface area contributed by atoms with Gasteiger partial charge in [0.25, 0.3) is 5.91 Å². The van der Waals surface area contributed by atoms with Crippen LogP contribution in [0.15, 0.2) is 115 Å². The Morgan fingerprint density at radius 1 is 0.976 bits per heavy atom. The van der Waals surface area contributed by atoms with Gasteiger partial charge in [0.05, 0.1) is 24.6 Å². The van der Waals surface area contributed by atoms with Crippen molar-refractivity contribution >= 4 is 17.5 Å². The quantitative estimate of drug-likeness (QED) is 0.252. The zero-order valence-electron chi connectivity index (χ0n) is 22.6. The number of hydrogen-bond donors (Lipinski definition) is 2. The molecule has 0 aliphatic carbocycles. The van der Waals surface area contributed by atoms with Crippen molar-refractivity contribution in [1.82, 2.24) is 19.7 Å². The molecule has 3 heterocycles. The number of carbonyl (C=O) groups excluding carboxylic acids is 1. The Morgan fingerprint density at radius 3 is 2.49 bits per heavy atom. The van der Waals surface area contributed by atoms with E-state index in [0.717, 1.165) is 16.7 Å². The molecule has 0 fully saturated rings. The van der Waals surface area contributed by atoms with Gasteiger partial charge in [-0.25, -0.2) is 4.68 Å². The summed E-state index contributed by atoms with van der Waals surface area (Å²) in [6, 6.07) is 28.3. The summed E-state index contributed by atoms with van der Waals surface area (Å²) in [5, 5.41) is 11.1. The third-order valence-electron chi connectivity index (χ3n) is 6.79. The van der Waals surface area contributed by atoms with Gasteiger partial charge in [-0.1, -0.05) is 66.7 Å². The van der Waals surface area contributed by atoms with Gasteiger partial charge < -0.3 is 20.1 Å². The summed E-state index contributed by atoms with van der Waals surface area (Å²) in [7, 11) is 1.60. The number of fused-ring (bicyclic) bond motifs is 1. The third-order valence-corrected chi connectivity index (χ3v) is 6.79. The van der Waals surface area contributed by atoms with Crippen LogP contribution < -0.4 is 20.1 Å². The van der Waals surface area contributed by atoms with Crippen LogP contribution in [0.25, 0.3) is 11.4 Å². The van der Waals surface area contributed by atoms with Crippen molar-refractivity contribution in [3.63, 3.8) is 0 Å². The average molecular weight is 545 g/mol. The molecule has 1 aliphatic heterocycles. The molecule has 6 rings (SSSR count). The van der Waals surface area contributed by atoms with E-state index in [1.807, 2.05) is 85.8 Å². The van der Waals surface area contributed by atoms with Crippen LogP contribution in [0.4, 0.5) is 11.6 Å². The van der Waals surface area contributed by atoms with E-state index in [-0.39, 0.29) is 5.91 Å². The maximum atomic E-state index is 13.8. The molecular weight excluding hydrogens is 516 g/mol. The Bertz CT molecular complexity index is 1700. The predicted molar refractivity (Wildman–Crippen MR) is 157 cm³/mol. The maximum Gasteiger partial charge on any atom is 0.255 e. The first-order chi connectivity index (χ1) is 20.1. The van der Waals surface area contributed by atoms with E-state index in [1.165, 1.54) is 0 Å². The molecule has 1 atom stereocenters. The van der Waals surface area contributed by atoms with Gasteiger partial charge in [-0.05, 0) is 42.3 Å². The van der Waals surface area contributed by atoms with Crippen LogP contribution in [0, 0.1) is 0 Å². The van der Waals surface area contributed by atoms with Crippen LogP contribution in [-0.2, 0) is 11.4 Å². The smallest absolute Gasteiger partial charge is 0.255 e. The van der Waals surface area contributed by atoms with Crippen LogP contribution in [0.1, 0.15) is 24.1 Å². The van der Waals surface area contributed by atoms with Crippen molar-refractivity contribution in [2.24, 2.45) is 0 Å². The summed E-state index contributed by atoms with van der Waals surface area (Å²) in [6.45, 7) is 2.26. The molecular formula is C32H28N6O3. The summed E-state index contributed by atoms with van der Waals surface area (Å²) in [5.74, 6) is 1.95. The number of hydrogen-bond acceptors (Lipinski definition) is 7. The fourth-order valence-corrected chi connectivity index (χ4v) is 4.81. The number of amides is 1. The Balaban J connectivity index is 1.40. The van der Waals surface area contributed by atoms with E-state index in [1.54, 1.807) is 36.3 Å². The van der Waals surface area contributed by atoms with Gasteiger partial charge in [-0.15, -0.1) is 5.10 Å². The zero-order valence-corrected chi connectivity index (χ0v) is 22.6. The Hall–Kier alpha value is -5.44. The monoisotopic (exact) mass is 544 g/mol. The van der Waals surface area contributed by atoms with Gasteiger partial charge in [0.2, 0.25) is 5.95 Å². The molecule has 0 saturated carbocycles. The number of allylic oxidation sites excluding steroid dienone is 1. The van der Waals surface area contributed by atoms with Gasteiger partial charge in [0, 0.05) is 17.5 Å². The number of aromatic nitrogens is 4. The van der Waals surface area contributed by atoms with Gasteiger partial charge in [0.1, 0.15) is 12.6 Å². The molecule has 41 heavy (non-hydrogen) atoms. The molecule has 9 heteroatoms. The van der Waals surface area contributed by atoms with E-state index in [0.29, 0.717) is 46.8 Å². The van der Waals surface area contributed by atoms with Crippen LogP contribution in [0.3, 0.4) is 0 Å². The zero-order chi connectivity index (χ0) is 28.2. The Kier molecular flexibility index (Phi) is 7.15. The number of pyridine rings is 1. The summed E-state index contributed by atoms with van der Waals surface area (Å²) in [6.07, 6.45) is 3.26. The SMILES string of the molecule is COc1cc(C2C(C(=O)Nc3cccnc3)=C(C)Nc3nc(-c4ccccc4)nn32)ccc1OCc1ccccc1. The number of carbonyl (C=O) groups is 1. The van der Waals surface area contributed by atoms with Crippen molar-refractivity contribution in [3.8, 4) is 22.9 Å². The van der Waals surface area contributed by atoms with E-state index in [9.17, 15) is 4.79 Å². The molecule has 1 amide bonds. The van der Waals surface area contributed by atoms with Crippen molar-refractivity contribution in [3.05, 3.63) is 126 Å². The molecule has 2 aromatic heterocycles. The van der Waals surface area contributed by atoms with E-state index >= 15 is 0 Å². The molecule has 1 aliphatic rings. The van der Waals surface area contributed by atoms with Crippen molar-refractivity contribution < 1.29 is 14.3 Å². The minimum Gasteiger partial charge on any atom is -0.493 e. The predicted octanol–water partition coefficient (Wildman–Crippen LogP) is 5.86. The maximum absolute atomic E-state index is 13.8. The van der Waals surface area contributed by atoms with Crippen LogP contribution in [-0.4, -0.2) is 32.8 Å². The van der Waals surface area contributed by atoms with Crippen molar-refractivity contribution in [2.45, 2.75) is 19.6 Å². The van der Waals surface area contributed by atoms with Crippen molar-refractivity contribution in [1.29, 1.82) is 0 Å². The fraction of sp³-hybridized carbons (Fsp3) is 0.125. The molecule has 0 radical (unpaired) electrons. The van der Waals surface area contributed by atoms with Gasteiger partial charge in [-0.3, -0.25) is 9.78 Å². The van der Waals surface area contributed by atoms with Crippen LogP contribution in [0.5, 0.6) is 11.5 Å². The highest BCUT2D eigenvalue weighted by Crippen LogP contribution is 2.40. The van der Waals surface area contributed by atoms with Gasteiger partial charge >= 0.3 is 0 Å². The summed E-state index contributed by atoms with van der Waals surface area (Å²) < 4.78 is 13.6. The minimum absolute atomic E-state index is 0.279. The number of benzene rings is 3. The van der Waals surface area contributed by atoms with Crippen LogP contribution >= 0.6 is 0 Å². The Morgan fingerprint density at radius 2 is 1.76 bits per heavy atom. The number of rotatable bonds is 8. The largest absolute Gasteiger partial charge is 0.493 e. The van der Waals surface area contributed by atoms with E-state index in [2.05, 4.69) is 15.6 Å². The summed E-state index contributed by atoms with van der Waals surface area (Å²) >= 11 is 0. The first kappa shape index (κ1) is 25.8. The lowest BCUT2D eigenvalue weighted by molar-refractivity contribution is -0.113. The number of ether oxygens (including phenoxy) is 2. The first-order valence-electron chi connectivity index (χ1n) is 13.2. The van der Waals surface area contributed by atoms with E-state index < -0.39 is 6.04 Å². The first-order valence-corrected chi connectivity index (χ1v) is 13.2. The second kappa shape index (κ2) is 11.4. The highest BCUT2D eigenvalue weighted by Gasteiger charge is 2.35. The summed E-state index contributed by atoms with van der Waals surface area (Å²) in [4.78, 5) is 22.7. The molecule has 0 saturated heterocycles. The highest BCUT2D eigenvalue weighted by atomic mass is 16.5. The van der Waals surface area contributed by atoms with Crippen LogP contribution in [0.2, 0.25) is 0 Å². The number of nitrogens with zero attached hydrogens (tertiary/aromatic N) is 4. The van der Waals surface area contributed by atoms with Crippen molar-refractivity contribution in [2.75, 3.05) is 17.7 Å². The number of methoxy groups -OCH3 is 1. The van der Waals surface area contributed by atoms with Gasteiger partial charge in [-0.2, -0.15) is 4.98 Å². The second-order valence-electron chi connectivity index (χ2n) is 9.52. The third kappa shape index (κ3) is 5.38. The number of nitrogens with one attached hydrogen (secondary N) is 2. The minimum atomic E-state index is -0.593.